The third-order valence-electron chi connectivity index (χ3n) is 4.56. The fourth-order valence-corrected chi connectivity index (χ4v) is 3.35. The number of hydrogen-bond donors (Lipinski definition) is 0. The van der Waals surface area contributed by atoms with Crippen LogP contribution in [-0.2, 0) is 6.61 Å². The molecule has 6 heteroatoms. The van der Waals surface area contributed by atoms with E-state index in [0.717, 1.165) is 39.1 Å². The monoisotopic (exact) mass is 378 g/mol. The van der Waals surface area contributed by atoms with E-state index < -0.39 is 0 Å². The molecule has 0 unspecified atom stereocenters. The first-order valence-electron chi connectivity index (χ1n) is 8.69. The maximum atomic E-state index is 6.31. The van der Waals surface area contributed by atoms with Crippen molar-refractivity contribution in [2.24, 2.45) is 0 Å². The van der Waals surface area contributed by atoms with Crippen LogP contribution in [0.2, 0.25) is 5.02 Å². The zero-order chi connectivity index (χ0) is 19.0. The summed E-state index contributed by atoms with van der Waals surface area (Å²) in [7, 11) is 0. The molecule has 4 rings (SSSR count). The van der Waals surface area contributed by atoms with Crippen LogP contribution in [0.25, 0.3) is 16.7 Å². The van der Waals surface area contributed by atoms with E-state index in [2.05, 4.69) is 4.98 Å². The number of aryl methyl sites for hydroxylation is 2. The summed E-state index contributed by atoms with van der Waals surface area (Å²) in [5, 5.41) is 6.45. The van der Waals surface area contributed by atoms with Gasteiger partial charge < -0.3 is 4.74 Å². The molecule has 0 spiro atoms. The van der Waals surface area contributed by atoms with Crippen molar-refractivity contribution in [1.82, 2.24) is 19.7 Å². The Morgan fingerprint density at radius 3 is 2.74 bits per heavy atom. The van der Waals surface area contributed by atoms with Gasteiger partial charge in [0.05, 0.1) is 11.4 Å². The summed E-state index contributed by atoms with van der Waals surface area (Å²) >= 11 is 6.31. The molecule has 0 aliphatic rings. The maximum absolute atomic E-state index is 6.31. The fourth-order valence-electron chi connectivity index (χ4n) is 3.18. The molecule has 0 saturated carbocycles. The molecule has 0 saturated heterocycles. The molecule has 136 valence electrons. The van der Waals surface area contributed by atoms with Gasteiger partial charge >= 0.3 is 0 Å². The van der Waals surface area contributed by atoms with E-state index in [9.17, 15) is 0 Å². The van der Waals surface area contributed by atoms with E-state index in [4.69, 9.17) is 26.4 Å². The first-order valence-corrected chi connectivity index (χ1v) is 9.06. The van der Waals surface area contributed by atoms with Gasteiger partial charge in [0.2, 0.25) is 5.88 Å². The molecule has 0 amide bonds. The van der Waals surface area contributed by atoms with E-state index in [1.165, 1.54) is 0 Å². The molecule has 0 atom stereocenters. The van der Waals surface area contributed by atoms with Crippen LogP contribution in [0.3, 0.4) is 0 Å². The molecule has 4 aromatic rings. The average molecular weight is 379 g/mol. The van der Waals surface area contributed by atoms with Gasteiger partial charge in [0.15, 0.2) is 5.65 Å². The number of benzene rings is 1. The Labute approximate surface area is 162 Å². The van der Waals surface area contributed by atoms with Gasteiger partial charge in [-0.2, -0.15) is 10.1 Å². The summed E-state index contributed by atoms with van der Waals surface area (Å²) in [5.74, 6) is 0.560. The zero-order valence-electron chi connectivity index (χ0n) is 15.4. The molecule has 3 aromatic heterocycles. The lowest BCUT2D eigenvalue weighted by Crippen LogP contribution is -2.03. The van der Waals surface area contributed by atoms with E-state index in [1.807, 2.05) is 61.9 Å². The molecule has 0 fully saturated rings. The summed E-state index contributed by atoms with van der Waals surface area (Å²) in [5.41, 5.74) is 5.63. The third kappa shape index (κ3) is 3.26. The van der Waals surface area contributed by atoms with Crippen LogP contribution in [0.4, 0.5) is 0 Å². The lowest BCUT2D eigenvalue weighted by atomic mass is 10.1. The van der Waals surface area contributed by atoms with Crippen LogP contribution >= 0.6 is 11.6 Å². The molecule has 27 heavy (non-hydrogen) atoms. The highest BCUT2D eigenvalue weighted by Gasteiger charge is 2.16. The Morgan fingerprint density at radius 1 is 1.11 bits per heavy atom. The zero-order valence-corrected chi connectivity index (χ0v) is 16.2. The Hall–Kier alpha value is -2.92. The fraction of sp³-hybridized carbons (Fsp3) is 0.190. The van der Waals surface area contributed by atoms with Crippen molar-refractivity contribution in [2.75, 3.05) is 0 Å². The SMILES string of the molecule is Cc1c(Cl)cccc1-n1nc(C)c2c(C)cc(OCc3cccnc3)nc21. The average Bonchev–Trinajstić information content (AvgIpc) is 3.00. The molecule has 0 radical (unpaired) electrons. The first kappa shape index (κ1) is 17.5. The van der Waals surface area contributed by atoms with Crippen LogP contribution in [0.5, 0.6) is 5.88 Å². The second kappa shape index (κ2) is 7.00. The number of nitrogens with zero attached hydrogens (tertiary/aromatic N) is 4. The van der Waals surface area contributed by atoms with Gasteiger partial charge in [-0.05, 0) is 50.1 Å². The summed E-state index contributed by atoms with van der Waals surface area (Å²) in [6.45, 7) is 6.43. The standard InChI is InChI=1S/C21H19ClN4O/c1-13-10-19(27-12-16-6-5-9-23-11-16)24-21-20(13)15(3)25-26(21)18-8-4-7-17(22)14(18)2/h4-11H,12H2,1-3H3. The molecule has 0 aliphatic carbocycles. The topological polar surface area (TPSA) is 52.8 Å². The number of hydrogen-bond acceptors (Lipinski definition) is 4. The Morgan fingerprint density at radius 2 is 1.96 bits per heavy atom. The first-order chi connectivity index (χ1) is 13.0. The van der Waals surface area contributed by atoms with Gasteiger partial charge in [-0.1, -0.05) is 23.7 Å². The largest absolute Gasteiger partial charge is 0.473 e. The Kier molecular flexibility index (Phi) is 4.54. The Balaban J connectivity index is 1.79. The summed E-state index contributed by atoms with van der Waals surface area (Å²) in [6, 6.07) is 11.6. The molecule has 3 heterocycles. The van der Waals surface area contributed by atoms with Crippen molar-refractivity contribution in [3.63, 3.8) is 0 Å². The lowest BCUT2D eigenvalue weighted by molar-refractivity contribution is 0.294. The van der Waals surface area contributed by atoms with Gasteiger partial charge in [-0.15, -0.1) is 0 Å². The van der Waals surface area contributed by atoms with Gasteiger partial charge in [0.25, 0.3) is 0 Å². The van der Waals surface area contributed by atoms with E-state index >= 15 is 0 Å². The predicted molar refractivity (Wildman–Crippen MR) is 107 cm³/mol. The van der Waals surface area contributed by atoms with Crippen LogP contribution in [0.1, 0.15) is 22.4 Å². The van der Waals surface area contributed by atoms with E-state index in [1.54, 1.807) is 12.4 Å². The number of ether oxygens (including phenoxy) is 1. The van der Waals surface area contributed by atoms with Crippen LogP contribution in [0.15, 0.2) is 48.8 Å². The van der Waals surface area contributed by atoms with Gasteiger partial charge in [0, 0.05) is 34.4 Å². The highest BCUT2D eigenvalue weighted by molar-refractivity contribution is 6.31. The smallest absolute Gasteiger partial charge is 0.215 e. The normalized spacial score (nSPS) is 11.1. The predicted octanol–water partition coefficient (Wildman–Crippen LogP) is 4.97. The summed E-state index contributed by atoms with van der Waals surface area (Å²) < 4.78 is 7.76. The number of halogens is 1. The van der Waals surface area contributed by atoms with Crippen LogP contribution in [0, 0.1) is 20.8 Å². The van der Waals surface area contributed by atoms with E-state index in [0.29, 0.717) is 17.5 Å². The van der Waals surface area contributed by atoms with Gasteiger partial charge in [0.1, 0.15) is 6.61 Å². The van der Waals surface area contributed by atoms with Crippen LogP contribution < -0.4 is 4.74 Å². The number of aromatic nitrogens is 4. The number of rotatable bonds is 4. The highest BCUT2D eigenvalue weighted by atomic mass is 35.5. The van der Waals surface area contributed by atoms with Gasteiger partial charge in [-0.3, -0.25) is 4.98 Å². The molecule has 0 bridgehead atoms. The minimum Gasteiger partial charge on any atom is -0.473 e. The highest BCUT2D eigenvalue weighted by Crippen LogP contribution is 2.29. The van der Waals surface area contributed by atoms with Crippen molar-refractivity contribution in [2.45, 2.75) is 27.4 Å². The number of pyridine rings is 2. The third-order valence-corrected chi connectivity index (χ3v) is 4.97. The second-order valence-corrected chi connectivity index (χ2v) is 6.91. The molecule has 0 N–H and O–H groups in total. The van der Waals surface area contributed by atoms with Crippen molar-refractivity contribution in [1.29, 1.82) is 0 Å². The Bertz CT molecular complexity index is 1120. The van der Waals surface area contributed by atoms with Crippen molar-refractivity contribution < 1.29 is 4.74 Å². The second-order valence-electron chi connectivity index (χ2n) is 6.51. The maximum Gasteiger partial charge on any atom is 0.215 e. The van der Waals surface area contributed by atoms with Crippen molar-refractivity contribution in [3.8, 4) is 11.6 Å². The quantitative estimate of drug-likeness (QED) is 0.503. The number of fused-ring (bicyclic) bond motifs is 1. The molecule has 1 aromatic carbocycles. The van der Waals surface area contributed by atoms with E-state index in [-0.39, 0.29) is 0 Å². The molecule has 5 nitrogen and oxygen atoms in total. The molecular formula is C21H19ClN4O. The minimum absolute atomic E-state index is 0.412. The minimum atomic E-state index is 0.412. The molecular weight excluding hydrogens is 360 g/mol. The van der Waals surface area contributed by atoms with Crippen molar-refractivity contribution in [3.05, 3.63) is 76.2 Å². The summed E-state index contributed by atoms with van der Waals surface area (Å²) in [4.78, 5) is 8.85. The van der Waals surface area contributed by atoms with Gasteiger partial charge in [-0.25, -0.2) is 4.68 Å². The lowest BCUT2D eigenvalue weighted by Gasteiger charge is -2.10. The molecule has 0 aliphatic heterocycles. The summed E-state index contributed by atoms with van der Waals surface area (Å²) in [6.07, 6.45) is 3.53. The van der Waals surface area contributed by atoms with Crippen LogP contribution in [-0.4, -0.2) is 19.7 Å². The van der Waals surface area contributed by atoms with Crippen molar-refractivity contribution >= 4 is 22.6 Å².